The van der Waals surface area contributed by atoms with Gasteiger partial charge in [-0.25, -0.2) is 13.5 Å². The molecule has 0 aliphatic carbocycles. The molecule has 12 heteroatoms. The normalized spacial score (nSPS) is 11.6. The van der Waals surface area contributed by atoms with Crippen LogP contribution in [0.25, 0.3) is 17.1 Å². The Balaban J connectivity index is 1.65. The second-order valence-electron chi connectivity index (χ2n) is 6.56. The third-order valence-corrected chi connectivity index (χ3v) is 4.36. The summed E-state index contributed by atoms with van der Waals surface area (Å²) in [5, 5.41) is 9.57. The summed E-state index contributed by atoms with van der Waals surface area (Å²) in [7, 11) is 0. The van der Waals surface area contributed by atoms with E-state index in [9.17, 15) is 26.7 Å². The van der Waals surface area contributed by atoms with E-state index in [0.717, 1.165) is 24.4 Å². The molecule has 4 rings (SSSR count). The number of benzene rings is 2. The third kappa shape index (κ3) is 3.94. The first-order valence-electron chi connectivity index (χ1n) is 8.97. The maximum absolute atomic E-state index is 13.8. The Morgan fingerprint density at radius 2 is 1.72 bits per heavy atom. The van der Waals surface area contributed by atoms with Gasteiger partial charge in [0, 0.05) is 5.69 Å². The van der Waals surface area contributed by atoms with Gasteiger partial charge in [0.15, 0.2) is 11.5 Å². The van der Waals surface area contributed by atoms with Crippen LogP contribution < -0.4 is 5.32 Å². The van der Waals surface area contributed by atoms with Gasteiger partial charge in [-0.05, 0) is 43.3 Å². The van der Waals surface area contributed by atoms with Crippen LogP contribution in [0.2, 0.25) is 0 Å². The first-order valence-corrected chi connectivity index (χ1v) is 8.97. The molecular weight excluding hydrogens is 437 g/mol. The molecule has 2 heterocycles. The van der Waals surface area contributed by atoms with Crippen molar-refractivity contribution in [2.45, 2.75) is 13.1 Å². The minimum Gasteiger partial charge on any atom is -0.334 e. The lowest BCUT2D eigenvalue weighted by Crippen LogP contribution is -2.16. The van der Waals surface area contributed by atoms with Crippen molar-refractivity contribution in [2.24, 2.45) is 0 Å². The van der Waals surface area contributed by atoms with Gasteiger partial charge in [0.1, 0.15) is 17.2 Å². The van der Waals surface area contributed by atoms with Crippen LogP contribution in [-0.2, 0) is 6.18 Å². The zero-order chi connectivity index (χ0) is 23.0. The van der Waals surface area contributed by atoms with Crippen molar-refractivity contribution in [3.63, 3.8) is 0 Å². The molecule has 0 saturated carbocycles. The maximum Gasteiger partial charge on any atom is 0.434 e. The van der Waals surface area contributed by atoms with Gasteiger partial charge >= 0.3 is 6.18 Å². The predicted octanol–water partition coefficient (Wildman–Crippen LogP) is 4.78. The Bertz CT molecular complexity index is 1270. The lowest BCUT2D eigenvalue weighted by molar-refractivity contribution is -0.142. The van der Waals surface area contributed by atoms with Gasteiger partial charge in [-0.2, -0.15) is 23.3 Å². The SMILES string of the molecule is Cc1noc(-c2cnn(-c3ccc(NC(=O)c4c(F)cccc4F)cc3)c2C(F)(F)F)n1. The van der Waals surface area contributed by atoms with Crippen molar-refractivity contribution in [3.8, 4) is 17.1 Å². The van der Waals surface area contributed by atoms with Gasteiger partial charge in [-0.15, -0.1) is 0 Å². The summed E-state index contributed by atoms with van der Waals surface area (Å²) in [5.41, 5.74) is -2.19. The Morgan fingerprint density at radius 3 is 2.28 bits per heavy atom. The van der Waals surface area contributed by atoms with Crippen LogP contribution >= 0.6 is 0 Å². The van der Waals surface area contributed by atoms with Crippen LogP contribution in [0, 0.1) is 18.6 Å². The van der Waals surface area contributed by atoms with Crippen LogP contribution in [0.15, 0.2) is 53.2 Å². The van der Waals surface area contributed by atoms with Gasteiger partial charge in [0.05, 0.1) is 17.4 Å². The molecular formula is C20H12F5N5O2. The monoisotopic (exact) mass is 449 g/mol. The van der Waals surface area contributed by atoms with Gasteiger partial charge < -0.3 is 9.84 Å². The number of carbonyl (C=O) groups is 1. The lowest BCUT2D eigenvalue weighted by Gasteiger charge is -2.12. The average molecular weight is 449 g/mol. The number of rotatable bonds is 4. The van der Waals surface area contributed by atoms with Crippen LogP contribution in [0.1, 0.15) is 21.9 Å². The standard InChI is InChI=1S/C20H12F5N5O2/c1-10-27-19(32-29-10)13-9-26-30(17(13)20(23,24)25)12-7-5-11(6-8-12)28-18(31)16-14(21)3-2-4-15(16)22/h2-9H,1H3,(H,28,31). The molecule has 0 aliphatic rings. The smallest absolute Gasteiger partial charge is 0.334 e. The molecule has 0 saturated heterocycles. The fourth-order valence-electron chi connectivity index (χ4n) is 2.97. The van der Waals surface area contributed by atoms with Crippen LogP contribution in [0.4, 0.5) is 27.6 Å². The van der Waals surface area contributed by atoms with Crippen LogP contribution in [0.5, 0.6) is 0 Å². The number of aromatic nitrogens is 4. The van der Waals surface area contributed by atoms with Gasteiger partial charge in [-0.1, -0.05) is 11.2 Å². The van der Waals surface area contributed by atoms with E-state index in [2.05, 4.69) is 20.6 Å². The highest BCUT2D eigenvalue weighted by Crippen LogP contribution is 2.38. The number of alkyl halides is 3. The summed E-state index contributed by atoms with van der Waals surface area (Å²) in [4.78, 5) is 16.0. The minimum atomic E-state index is -4.80. The van der Waals surface area contributed by atoms with Gasteiger partial charge in [0.25, 0.3) is 11.8 Å². The average Bonchev–Trinajstić information content (AvgIpc) is 3.34. The first-order chi connectivity index (χ1) is 15.1. The zero-order valence-electron chi connectivity index (χ0n) is 16.1. The number of anilines is 1. The quantitative estimate of drug-likeness (QED) is 0.453. The summed E-state index contributed by atoms with van der Waals surface area (Å²) in [6.07, 6.45) is -3.85. The van der Waals surface area contributed by atoms with E-state index in [4.69, 9.17) is 4.52 Å². The van der Waals surface area contributed by atoms with E-state index in [1.54, 1.807) is 0 Å². The van der Waals surface area contributed by atoms with E-state index in [-0.39, 0.29) is 23.1 Å². The predicted molar refractivity (Wildman–Crippen MR) is 101 cm³/mol. The Labute approximate surface area is 176 Å². The molecule has 0 atom stereocenters. The van der Waals surface area contributed by atoms with E-state index < -0.39 is 40.5 Å². The lowest BCUT2D eigenvalue weighted by atomic mass is 10.1. The summed E-state index contributed by atoms with van der Waals surface area (Å²) >= 11 is 0. The molecule has 7 nitrogen and oxygen atoms in total. The highest BCUT2D eigenvalue weighted by Gasteiger charge is 2.40. The second-order valence-corrected chi connectivity index (χ2v) is 6.56. The molecule has 0 bridgehead atoms. The molecule has 1 amide bonds. The number of hydrogen-bond donors (Lipinski definition) is 1. The number of nitrogens with zero attached hydrogens (tertiary/aromatic N) is 4. The number of carbonyl (C=O) groups excluding carboxylic acids is 1. The molecule has 164 valence electrons. The van der Waals surface area contributed by atoms with Crippen molar-refractivity contribution in [3.05, 3.63) is 77.4 Å². The van der Waals surface area contributed by atoms with Crippen molar-refractivity contribution in [1.82, 2.24) is 19.9 Å². The summed E-state index contributed by atoms with van der Waals surface area (Å²) in [6, 6.07) is 8.01. The third-order valence-electron chi connectivity index (χ3n) is 4.36. The highest BCUT2D eigenvalue weighted by molar-refractivity contribution is 6.04. The molecule has 0 aliphatic heterocycles. The Morgan fingerprint density at radius 1 is 1.06 bits per heavy atom. The molecule has 4 aromatic rings. The molecule has 0 spiro atoms. The largest absolute Gasteiger partial charge is 0.434 e. The summed E-state index contributed by atoms with van der Waals surface area (Å²) in [5.74, 6) is -3.31. The molecule has 0 fully saturated rings. The number of halogens is 5. The number of nitrogens with one attached hydrogen (secondary N) is 1. The summed E-state index contributed by atoms with van der Waals surface area (Å²) < 4.78 is 74.2. The molecule has 0 radical (unpaired) electrons. The van der Waals surface area contributed by atoms with Crippen molar-refractivity contribution < 1.29 is 31.3 Å². The molecule has 1 N–H and O–H groups in total. The van der Waals surface area contributed by atoms with E-state index in [1.165, 1.54) is 31.2 Å². The van der Waals surface area contributed by atoms with Crippen LogP contribution in [-0.4, -0.2) is 25.8 Å². The van der Waals surface area contributed by atoms with E-state index in [1.807, 2.05) is 0 Å². The highest BCUT2D eigenvalue weighted by atomic mass is 19.4. The minimum absolute atomic E-state index is 0.00915. The first kappa shape index (κ1) is 21.2. The van der Waals surface area contributed by atoms with Gasteiger partial charge in [0.2, 0.25) is 0 Å². The van der Waals surface area contributed by atoms with Crippen LogP contribution in [0.3, 0.4) is 0 Å². The topological polar surface area (TPSA) is 85.8 Å². The molecule has 2 aromatic carbocycles. The fraction of sp³-hybridized carbons (Fsp3) is 0.100. The Hall–Kier alpha value is -4.09. The van der Waals surface area contributed by atoms with Gasteiger partial charge in [-0.3, -0.25) is 4.79 Å². The van der Waals surface area contributed by atoms with Crippen molar-refractivity contribution in [2.75, 3.05) is 5.32 Å². The molecule has 2 aromatic heterocycles. The Kier molecular flexibility index (Phi) is 5.20. The van der Waals surface area contributed by atoms with E-state index in [0.29, 0.717) is 4.68 Å². The van der Waals surface area contributed by atoms with E-state index >= 15 is 0 Å². The number of aryl methyl sites for hydroxylation is 1. The number of hydrogen-bond acceptors (Lipinski definition) is 5. The van der Waals surface area contributed by atoms with Crippen molar-refractivity contribution >= 4 is 11.6 Å². The zero-order valence-corrected chi connectivity index (χ0v) is 16.1. The fourth-order valence-corrected chi connectivity index (χ4v) is 2.97. The molecule has 32 heavy (non-hydrogen) atoms. The molecule has 0 unspecified atom stereocenters. The van der Waals surface area contributed by atoms with Crippen molar-refractivity contribution in [1.29, 1.82) is 0 Å². The second kappa shape index (κ2) is 7.87. The summed E-state index contributed by atoms with van der Waals surface area (Å²) in [6.45, 7) is 1.46. The number of amides is 1. The maximum atomic E-state index is 13.8.